The van der Waals surface area contributed by atoms with E-state index in [0.717, 1.165) is 17.7 Å². The van der Waals surface area contributed by atoms with Crippen molar-refractivity contribution in [2.24, 2.45) is 12.8 Å². The van der Waals surface area contributed by atoms with E-state index in [4.69, 9.17) is 5.73 Å². The van der Waals surface area contributed by atoms with Crippen molar-refractivity contribution in [1.29, 1.82) is 0 Å². The van der Waals surface area contributed by atoms with Crippen molar-refractivity contribution < 1.29 is 8.78 Å². The molecule has 0 radical (unpaired) electrons. The van der Waals surface area contributed by atoms with Gasteiger partial charge in [-0.1, -0.05) is 0 Å². The molecule has 0 spiro atoms. The molecule has 1 aromatic carbocycles. The molecule has 0 fully saturated rings. The molecule has 4 aromatic rings. The molecule has 8 heteroatoms. The van der Waals surface area contributed by atoms with Gasteiger partial charge in [-0.05, 0) is 18.2 Å². The molecule has 0 saturated carbocycles. The first kappa shape index (κ1) is 15.4. The summed E-state index contributed by atoms with van der Waals surface area (Å²) < 4.78 is 31.9. The van der Waals surface area contributed by atoms with Gasteiger partial charge >= 0.3 is 0 Å². The van der Waals surface area contributed by atoms with Crippen LogP contribution in [0.25, 0.3) is 28.0 Å². The minimum Gasteiger partial charge on any atom is -0.326 e. The smallest absolute Gasteiger partial charge is 0.133 e. The predicted octanol–water partition coefficient (Wildman–Crippen LogP) is 2.53. The summed E-state index contributed by atoms with van der Waals surface area (Å²) in [7, 11) is 1.79. The molecule has 0 saturated heterocycles. The monoisotopic (exact) mass is 340 g/mol. The van der Waals surface area contributed by atoms with Gasteiger partial charge in [0.15, 0.2) is 0 Å². The maximum atomic E-state index is 14.6. The molecule has 0 aliphatic carbocycles. The summed E-state index contributed by atoms with van der Waals surface area (Å²) in [5.74, 6) is -1.15. The van der Waals surface area contributed by atoms with Crippen LogP contribution in [0.2, 0.25) is 0 Å². The maximum Gasteiger partial charge on any atom is 0.133 e. The fourth-order valence-electron chi connectivity index (χ4n) is 2.74. The molecule has 3 heterocycles. The van der Waals surface area contributed by atoms with E-state index in [1.165, 1.54) is 0 Å². The lowest BCUT2D eigenvalue weighted by molar-refractivity contribution is 0.588. The largest absolute Gasteiger partial charge is 0.326 e. The predicted molar refractivity (Wildman–Crippen MR) is 88.4 cm³/mol. The average molecular weight is 340 g/mol. The van der Waals surface area contributed by atoms with Crippen LogP contribution in [0, 0.1) is 11.6 Å². The maximum absolute atomic E-state index is 14.6. The number of aryl methyl sites for hydroxylation is 1. The number of fused-ring (bicyclic) bond motifs is 1. The number of rotatable bonds is 3. The Morgan fingerprint density at radius 3 is 2.68 bits per heavy atom. The molecule has 25 heavy (non-hydrogen) atoms. The van der Waals surface area contributed by atoms with Gasteiger partial charge in [0, 0.05) is 36.5 Å². The van der Waals surface area contributed by atoms with Crippen LogP contribution >= 0.6 is 0 Å². The van der Waals surface area contributed by atoms with E-state index >= 15 is 0 Å². The molecule has 0 unspecified atom stereocenters. The van der Waals surface area contributed by atoms with Gasteiger partial charge in [-0.3, -0.25) is 4.68 Å². The Morgan fingerprint density at radius 1 is 1.12 bits per heavy atom. The summed E-state index contributed by atoms with van der Waals surface area (Å²) in [5.41, 5.74) is 7.81. The Balaban J connectivity index is 1.98. The van der Waals surface area contributed by atoms with Crippen molar-refractivity contribution in [2.45, 2.75) is 6.54 Å². The van der Waals surface area contributed by atoms with Crippen molar-refractivity contribution in [3.8, 4) is 22.5 Å². The molecule has 126 valence electrons. The van der Waals surface area contributed by atoms with Crippen LogP contribution in [0.5, 0.6) is 0 Å². The SMILES string of the molecule is Cn1cc(-c2cn3nccc3c(-c3cc(F)c(CN)cc3F)n2)cn1. The number of nitrogens with two attached hydrogens (primary N) is 1. The van der Waals surface area contributed by atoms with Crippen LogP contribution in [0.15, 0.2) is 43.0 Å². The van der Waals surface area contributed by atoms with Gasteiger partial charge in [0.05, 0.1) is 35.5 Å². The number of nitrogens with zero attached hydrogens (tertiary/aromatic N) is 5. The first-order valence-corrected chi connectivity index (χ1v) is 7.58. The third-order valence-corrected chi connectivity index (χ3v) is 4.00. The summed E-state index contributed by atoms with van der Waals surface area (Å²) in [6.45, 7) is -0.0751. The molecule has 4 rings (SSSR count). The molecule has 0 aliphatic heterocycles. The van der Waals surface area contributed by atoms with Crippen LogP contribution in [0.1, 0.15) is 5.56 Å². The molecule has 0 atom stereocenters. The highest BCUT2D eigenvalue weighted by Gasteiger charge is 2.17. The summed E-state index contributed by atoms with van der Waals surface area (Å²) in [6.07, 6.45) is 6.74. The van der Waals surface area contributed by atoms with E-state index < -0.39 is 11.6 Å². The first-order valence-electron chi connectivity index (χ1n) is 7.58. The van der Waals surface area contributed by atoms with Gasteiger partial charge < -0.3 is 5.73 Å². The van der Waals surface area contributed by atoms with Gasteiger partial charge in [0.2, 0.25) is 0 Å². The quantitative estimate of drug-likeness (QED) is 0.622. The van der Waals surface area contributed by atoms with Crippen molar-refractivity contribution in [2.75, 3.05) is 0 Å². The second-order valence-electron chi connectivity index (χ2n) is 5.67. The highest BCUT2D eigenvalue weighted by molar-refractivity contribution is 5.79. The fourth-order valence-corrected chi connectivity index (χ4v) is 2.74. The molecular formula is C17H14F2N6. The number of halogens is 2. The molecule has 0 amide bonds. The molecule has 2 N–H and O–H groups in total. The molecule has 6 nitrogen and oxygen atoms in total. The van der Waals surface area contributed by atoms with Gasteiger partial charge in [-0.2, -0.15) is 10.2 Å². The number of aromatic nitrogens is 5. The summed E-state index contributed by atoms with van der Waals surface area (Å²) in [5, 5.41) is 8.31. The third kappa shape index (κ3) is 2.56. The molecular weight excluding hydrogens is 326 g/mol. The van der Waals surface area contributed by atoms with Crippen LogP contribution in [-0.2, 0) is 13.6 Å². The van der Waals surface area contributed by atoms with Crippen molar-refractivity contribution >= 4 is 5.52 Å². The van der Waals surface area contributed by atoms with Crippen LogP contribution in [0.4, 0.5) is 8.78 Å². The van der Waals surface area contributed by atoms with Crippen LogP contribution in [-0.4, -0.2) is 24.4 Å². The molecule has 0 bridgehead atoms. The fraction of sp³-hybridized carbons (Fsp3) is 0.118. The Bertz CT molecular complexity index is 1080. The van der Waals surface area contributed by atoms with Crippen molar-refractivity contribution in [3.63, 3.8) is 0 Å². The zero-order valence-electron chi connectivity index (χ0n) is 13.3. The minimum absolute atomic E-state index is 0.0611. The lowest BCUT2D eigenvalue weighted by Crippen LogP contribution is -2.03. The Labute approximate surface area is 141 Å². The number of hydrogen-bond donors (Lipinski definition) is 1. The Kier molecular flexibility index (Phi) is 3.54. The number of benzene rings is 1. The van der Waals surface area contributed by atoms with Gasteiger partial charge in [-0.25, -0.2) is 18.3 Å². The second kappa shape index (κ2) is 5.75. The second-order valence-corrected chi connectivity index (χ2v) is 5.67. The molecule has 0 aliphatic rings. The van der Waals surface area contributed by atoms with E-state index in [1.807, 2.05) is 0 Å². The van der Waals surface area contributed by atoms with Gasteiger partial charge in [0.25, 0.3) is 0 Å². The summed E-state index contributed by atoms with van der Waals surface area (Å²) in [6, 6.07) is 3.93. The van der Waals surface area contributed by atoms with Crippen molar-refractivity contribution in [3.05, 3.63) is 60.2 Å². The zero-order valence-corrected chi connectivity index (χ0v) is 13.3. The van der Waals surface area contributed by atoms with E-state index in [1.54, 1.807) is 47.1 Å². The Morgan fingerprint density at radius 2 is 1.96 bits per heavy atom. The highest BCUT2D eigenvalue weighted by Crippen LogP contribution is 2.30. The van der Waals surface area contributed by atoms with Crippen LogP contribution < -0.4 is 5.73 Å². The summed E-state index contributed by atoms with van der Waals surface area (Å²) >= 11 is 0. The van der Waals surface area contributed by atoms with Gasteiger partial charge in [-0.15, -0.1) is 0 Å². The van der Waals surface area contributed by atoms with E-state index in [0.29, 0.717) is 16.9 Å². The van der Waals surface area contributed by atoms with Crippen molar-refractivity contribution in [1.82, 2.24) is 24.4 Å². The minimum atomic E-state index is -0.583. The lowest BCUT2D eigenvalue weighted by Gasteiger charge is -2.10. The van der Waals surface area contributed by atoms with Crippen LogP contribution in [0.3, 0.4) is 0 Å². The van der Waals surface area contributed by atoms with E-state index in [-0.39, 0.29) is 17.7 Å². The normalized spacial score (nSPS) is 11.4. The third-order valence-electron chi connectivity index (χ3n) is 4.00. The van der Waals surface area contributed by atoms with E-state index in [2.05, 4.69) is 15.2 Å². The van der Waals surface area contributed by atoms with E-state index in [9.17, 15) is 8.78 Å². The summed E-state index contributed by atoms with van der Waals surface area (Å²) in [4.78, 5) is 4.53. The lowest BCUT2D eigenvalue weighted by atomic mass is 10.1. The standard InChI is InChI=1S/C17H14F2N6/c1-24-8-11(7-22-24)15-9-25-16(2-3-21-25)17(23-15)12-5-13(18)10(6-20)4-14(12)19/h2-5,7-9H,6,20H2,1H3. The zero-order chi connectivity index (χ0) is 17.6. The first-order chi connectivity index (χ1) is 12.1. The van der Waals surface area contributed by atoms with Gasteiger partial charge in [0.1, 0.15) is 11.6 Å². The number of hydrogen-bond acceptors (Lipinski definition) is 4. The topological polar surface area (TPSA) is 74.0 Å². The highest BCUT2D eigenvalue weighted by atomic mass is 19.1. The molecule has 3 aromatic heterocycles. The average Bonchev–Trinajstić information content (AvgIpc) is 3.24. The Hall–Kier alpha value is -3.13.